The van der Waals surface area contributed by atoms with Crippen molar-refractivity contribution in [2.45, 2.75) is 38.6 Å². The van der Waals surface area contributed by atoms with Crippen LogP contribution in [0.3, 0.4) is 0 Å². The van der Waals surface area contributed by atoms with E-state index in [1.807, 2.05) is 42.5 Å². The maximum absolute atomic E-state index is 5.93. The SMILES string of the molecule is CCC(N)CCCc1ccc(Oc2ccccc2)cc1. The predicted octanol–water partition coefficient (Wildman–Crippen LogP) is 4.54. The molecular formula is C18H23NO. The summed E-state index contributed by atoms with van der Waals surface area (Å²) < 4.78 is 5.77. The molecule has 2 heteroatoms. The minimum Gasteiger partial charge on any atom is -0.457 e. The number of para-hydroxylation sites is 1. The van der Waals surface area contributed by atoms with Gasteiger partial charge in [0.05, 0.1) is 0 Å². The van der Waals surface area contributed by atoms with E-state index in [1.54, 1.807) is 0 Å². The van der Waals surface area contributed by atoms with Crippen LogP contribution in [-0.4, -0.2) is 6.04 Å². The van der Waals surface area contributed by atoms with Crippen molar-refractivity contribution in [3.63, 3.8) is 0 Å². The highest BCUT2D eigenvalue weighted by molar-refractivity contribution is 5.32. The van der Waals surface area contributed by atoms with Crippen molar-refractivity contribution in [1.29, 1.82) is 0 Å². The Kier molecular flexibility index (Phi) is 5.63. The lowest BCUT2D eigenvalue weighted by atomic mass is 10.0. The van der Waals surface area contributed by atoms with E-state index in [4.69, 9.17) is 10.5 Å². The number of hydrogen-bond donors (Lipinski definition) is 1. The summed E-state index contributed by atoms with van der Waals surface area (Å²) in [5.74, 6) is 1.75. The molecule has 0 bridgehead atoms. The molecule has 2 aromatic rings. The normalized spacial score (nSPS) is 12.1. The first-order valence-corrected chi connectivity index (χ1v) is 7.35. The topological polar surface area (TPSA) is 35.2 Å². The highest BCUT2D eigenvalue weighted by Crippen LogP contribution is 2.21. The number of hydrogen-bond acceptors (Lipinski definition) is 2. The second-order valence-corrected chi connectivity index (χ2v) is 5.12. The molecule has 0 radical (unpaired) electrons. The summed E-state index contributed by atoms with van der Waals surface area (Å²) in [6.45, 7) is 2.14. The third kappa shape index (κ3) is 4.71. The third-order valence-corrected chi connectivity index (χ3v) is 3.47. The molecule has 0 aliphatic heterocycles. The van der Waals surface area contributed by atoms with Gasteiger partial charge in [0.25, 0.3) is 0 Å². The number of nitrogens with two attached hydrogens (primary N) is 1. The van der Waals surface area contributed by atoms with Crippen LogP contribution < -0.4 is 10.5 Å². The van der Waals surface area contributed by atoms with Crippen LogP contribution in [0.4, 0.5) is 0 Å². The van der Waals surface area contributed by atoms with Gasteiger partial charge in [-0.3, -0.25) is 0 Å². The highest BCUT2D eigenvalue weighted by Gasteiger charge is 2.01. The van der Waals surface area contributed by atoms with Gasteiger partial charge in [0.2, 0.25) is 0 Å². The van der Waals surface area contributed by atoms with E-state index in [0.29, 0.717) is 6.04 Å². The van der Waals surface area contributed by atoms with Crippen LogP contribution >= 0.6 is 0 Å². The Labute approximate surface area is 121 Å². The van der Waals surface area contributed by atoms with Gasteiger partial charge < -0.3 is 10.5 Å². The summed E-state index contributed by atoms with van der Waals surface area (Å²) in [4.78, 5) is 0. The molecule has 2 nitrogen and oxygen atoms in total. The van der Waals surface area contributed by atoms with Crippen LogP contribution in [0.2, 0.25) is 0 Å². The first-order valence-electron chi connectivity index (χ1n) is 7.35. The van der Waals surface area contributed by atoms with E-state index in [0.717, 1.165) is 37.2 Å². The lowest BCUT2D eigenvalue weighted by molar-refractivity contribution is 0.482. The van der Waals surface area contributed by atoms with Gasteiger partial charge in [-0.05, 0) is 55.5 Å². The van der Waals surface area contributed by atoms with Crippen LogP contribution in [0.5, 0.6) is 11.5 Å². The molecule has 1 atom stereocenters. The second-order valence-electron chi connectivity index (χ2n) is 5.12. The molecule has 0 aliphatic rings. The van der Waals surface area contributed by atoms with Gasteiger partial charge in [-0.2, -0.15) is 0 Å². The molecule has 0 aromatic heterocycles. The predicted molar refractivity (Wildman–Crippen MR) is 84.2 cm³/mol. The van der Waals surface area contributed by atoms with Gasteiger partial charge in [-0.15, -0.1) is 0 Å². The average Bonchev–Trinajstić information content (AvgIpc) is 2.50. The summed E-state index contributed by atoms with van der Waals surface area (Å²) in [6, 6.07) is 18.5. The van der Waals surface area contributed by atoms with Crippen molar-refractivity contribution >= 4 is 0 Å². The average molecular weight is 269 g/mol. The fourth-order valence-electron chi connectivity index (χ4n) is 2.12. The molecule has 1 unspecified atom stereocenters. The molecule has 0 heterocycles. The van der Waals surface area contributed by atoms with Crippen molar-refractivity contribution in [3.05, 3.63) is 60.2 Å². The Morgan fingerprint density at radius 1 is 0.950 bits per heavy atom. The fraction of sp³-hybridized carbons (Fsp3) is 0.333. The Bertz CT molecular complexity index is 493. The van der Waals surface area contributed by atoms with Crippen molar-refractivity contribution in [1.82, 2.24) is 0 Å². The maximum Gasteiger partial charge on any atom is 0.127 e. The summed E-state index contributed by atoms with van der Waals surface area (Å²) in [5.41, 5.74) is 7.27. The summed E-state index contributed by atoms with van der Waals surface area (Å²) in [7, 11) is 0. The first-order chi connectivity index (χ1) is 9.78. The van der Waals surface area contributed by atoms with Crippen molar-refractivity contribution in [2.24, 2.45) is 5.73 Å². The summed E-state index contributed by atoms with van der Waals surface area (Å²) in [5, 5.41) is 0. The summed E-state index contributed by atoms with van der Waals surface area (Å²) in [6.07, 6.45) is 4.38. The van der Waals surface area contributed by atoms with E-state index < -0.39 is 0 Å². The van der Waals surface area contributed by atoms with Gasteiger partial charge in [0, 0.05) is 6.04 Å². The minimum absolute atomic E-state index is 0.343. The molecular weight excluding hydrogens is 246 g/mol. The molecule has 106 valence electrons. The number of rotatable bonds is 7. The Hall–Kier alpha value is -1.80. The molecule has 2 N–H and O–H groups in total. The van der Waals surface area contributed by atoms with E-state index in [9.17, 15) is 0 Å². The van der Waals surface area contributed by atoms with Crippen molar-refractivity contribution in [2.75, 3.05) is 0 Å². The summed E-state index contributed by atoms with van der Waals surface area (Å²) >= 11 is 0. The zero-order valence-electron chi connectivity index (χ0n) is 12.1. The molecule has 0 fully saturated rings. The zero-order valence-corrected chi connectivity index (χ0v) is 12.1. The molecule has 0 saturated heterocycles. The molecule has 2 rings (SSSR count). The molecule has 0 saturated carbocycles. The number of ether oxygens (including phenoxy) is 1. The quantitative estimate of drug-likeness (QED) is 0.801. The van der Waals surface area contributed by atoms with Crippen molar-refractivity contribution in [3.8, 4) is 11.5 Å². The Morgan fingerprint density at radius 3 is 2.25 bits per heavy atom. The maximum atomic E-state index is 5.93. The molecule has 0 spiro atoms. The van der Waals surface area contributed by atoms with Crippen LogP contribution in [0.25, 0.3) is 0 Å². The number of benzene rings is 2. The third-order valence-electron chi connectivity index (χ3n) is 3.47. The molecule has 20 heavy (non-hydrogen) atoms. The minimum atomic E-state index is 0.343. The van der Waals surface area contributed by atoms with Crippen LogP contribution in [0.1, 0.15) is 31.7 Å². The van der Waals surface area contributed by atoms with Crippen LogP contribution in [0, 0.1) is 0 Å². The lowest BCUT2D eigenvalue weighted by Gasteiger charge is -2.09. The standard InChI is InChI=1S/C18H23NO/c1-2-16(19)8-6-7-15-11-13-18(14-12-15)20-17-9-4-3-5-10-17/h3-5,9-14,16H,2,6-8,19H2,1H3. The highest BCUT2D eigenvalue weighted by atomic mass is 16.5. The van der Waals surface area contributed by atoms with Gasteiger partial charge in [-0.25, -0.2) is 0 Å². The van der Waals surface area contributed by atoms with Gasteiger partial charge in [0.1, 0.15) is 11.5 Å². The Balaban J connectivity index is 1.84. The molecule has 2 aromatic carbocycles. The van der Waals surface area contributed by atoms with E-state index in [-0.39, 0.29) is 0 Å². The van der Waals surface area contributed by atoms with E-state index in [2.05, 4.69) is 19.1 Å². The monoisotopic (exact) mass is 269 g/mol. The smallest absolute Gasteiger partial charge is 0.127 e. The van der Waals surface area contributed by atoms with Crippen LogP contribution in [0.15, 0.2) is 54.6 Å². The fourth-order valence-corrected chi connectivity index (χ4v) is 2.12. The molecule has 0 amide bonds. The van der Waals surface area contributed by atoms with E-state index in [1.165, 1.54) is 5.56 Å². The van der Waals surface area contributed by atoms with Gasteiger partial charge >= 0.3 is 0 Å². The van der Waals surface area contributed by atoms with Gasteiger partial charge in [0.15, 0.2) is 0 Å². The van der Waals surface area contributed by atoms with Gasteiger partial charge in [-0.1, -0.05) is 37.3 Å². The first kappa shape index (κ1) is 14.6. The second kappa shape index (κ2) is 7.71. The van der Waals surface area contributed by atoms with E-state index >= 15 is 0 Å². The zero-order chi connectivity index (χ0) is 14.2. The number of aryl methyl sites for hydroxylation is 1. The largest absolute Gasteiger partial charge is 0.457 e. The Morgan fingerprint density at radius 2 is 1.60 bits per heavy atom. The molecule has 0 aliphatic carbocycles. The van der Waals surface area contributed by atoms with Crippen LogP contribution in [-0.2, 0) is 6.42 Å². The van der Waals surface area contributed by atoms with Crippen molar-refractivity contribution < 1.29 is 4.74 Å². The lowest BCUT2D eigenvalue weighted by Crippen LogP contribution is -2.18.